The highest BCUT2D eigenvalue weighted by atomic mass is 16.5. The van der Waals surface area contributed by atoms with Crippen LogP contribution in [0.5, 0.6) is 0 Å². The first-order chi connectivity index (χ1) is 12.6. The fourth-order valence-corrected chi connectivity index (χ4v) is 3.00. The first-order valence-electron chi connectivity index (χ1n) is 10.7. The molecule has 0 spiro atoms. The lowest BCUT2D eigenvalue weighted by molar-refractivity contribution is -0.142. The van der Waals surface area contributed by atoms with Gasteiger partial charge in [-0.2, -0.15) is 0 Å². The van der Waals surface area contributed by atoms with E-state index in [1.54, 1.807) is 13.8 Å². The minimum Gasteiger partial charge on any atom is -0.463 e. The summed E-state index contributed by atoms with van der Waals surface area (Å²) < 4.78 is 10.5. The minimum atomic E-state index is -0.349. The number of hydrogen-bond acceptors (Lipinski definition) is 4. The molecule has 4 heteroatoms. The number of esters is 2. The normalized spacial score (nSPS) is 11.8. The van der Waals surface area contributed by atoms with Gasteiger partial charge in [0.15, 0.2) is 0 Å². The molecular formula is C22H40O4. The van der Waals surface area contributed by atoms with Crippen LogP contribution >= 0.6 is 0 Å². The maximum Gasteiger partial charge on any atom is 0.334 e. The van der Waals surface area contributed by atoms with Gasteiger partial charge in [0.1, 0.15) is 0 Å². The summed E-state index contributed by atoms with van der Waals surface area (Å²) in [7, 11) is 0. The molecule has 0 fully saturated rings. The van der Waals surface area contributed by atoms with Crippen LogP contribution in [0, 0.1) is 0 Å². The molecule has 152 valence electrons. The standard InChI is InChI=1S/C22H40O4/c1-5-9-11-13-14-16-18-20(22(24)26-8-4)19(21(23)25-7-3)17-15-12-10-6-2/h5-18H2,1-4H3. The molecule has 0 radical (unpaired) electrons. The first-order valence-corrected chi connectivity index (χ1v) is 10.7. The molecule has 4 nitrogen and oxygen atoms in total. The lowest BCUT2D eigenvalue weighted by Crippen LogP contribution is -2.17. The molecule has 0 aliphatic carbocycles. The lowest BCUT2D eigenvalue weighted by Gasteiger charge is -2.14. The van der Waals surface area contributed by atoms with E-state index in [1.165, 1.54) is 25.7 Å². The smallest absolute Gasteiger partial charge is 0.334 e. The second kappa shape index (κ2) is 17.1. The highest BCUT2D eigenvalue weighted by molar-refractivity contribution is 6.00. The van der Waals surface area contributed by atoms with Crippen molar-refractivity contribution in [1.82, 2.24) is 0 Å². The zero-order valence-electron chi connectivity index (χ0n) is 17.5. The largest absolute Gasteiger partial charge is 0.463 e. The van der Waals surface area contributed by atoms with Crippen molar-refractivity contribution < 1.29 is 19.1 Å². The Labute approximate surface area is 160 Å². The Hall–Kier alpha value is -1.32. The van der Waals surface area contributed by atoms with Gasteiger partial charge in [0.25, 0.3) is 0 Å². The zero-order valence-corrected chi connectivity index (χ0v) is 17.5. The van der Waals surface area contributed by atoms with E-state index in [0.717, 1.165) is 38.5 Å². The van der Waals surface area contributed by atoms with Crippen LogP contribution in [0.15, 0.2) is 11.1 Å². The van der Waals surface area contributed by atoms with Crippen molar-refractivity contribution in [2.45, 2.75) is 105 Å². The van der Waals surface area contributed by atoms with E-state index >= 15 is 0 Å². The molecule has 0 N–H and O–H groups in total. The van der Waals surface area contributed by atoms with E-state index in [9.17, 15) is 9.59 Å². The molecule has 0 aromatic heterocycles. The molecule has 0 saturated heterocycles. The maximum absolute atomic E-state index is 12.5. The van der Waals surface area contributed by atoms with Crippen molar-refractivity contribution in [1.29, 1.82) is 0 Å². The van der Waals surface area contributed by atoms with E-state index < -0.39 is 0 Å². The Bertz CT molecular complexity index is 412. The molecule has 0 aliphatic heterocycles. The molecule has 0 aromatic carbocycles. The fraction of sp³-hybridized carbons (Fsp3) is 0.818. The summed E-state index contributed by atoms with van der Waals surface area (Å²) in [6.07, 6.45) is 12.3. The molecule has 0 saturated carbocycles. The second-order valence-corrected chi connectivity index (χ2v) is 6.73. The van der Waals surface area contributed by atoms with E-state index in [4.69, 9.17) is 9.47 Å². The minimum absolute atomic E-state index is 0.324. The van der Waals surface area contributed by atoms with Gasteiger partial charge < -0.3 is 9.47 Å². The van der Waals surface area contributed by atoms with E-state index in [2.05, 4.69) is 13.8 Å². The number of hydrogen-bond donors (Lipinski definition) is 0. The summed E-state index contributed by atoms with van der Waals surface area (Å²) in [5.74, 6) is -0.697. The van der Waals surface area contributed by atoms with Crippen LogP contribution in [0.2, 0.25) is 0 Å². The van der Waals surface area contributed by atoms with Crippen LogP contribution in [0.4, 0.5) is 0 Å². The van der Waals surface area contributed by atoms with E-state index in [-0.39, 0.29) is 11.9 Å². The van der Waals surface area contributed by atoms with Crippen LogP contribution in [0.25, 0.3) is 0 Å². The Morgan fingerprint density at radius 3 is 1.27 bits per heavy atom. The summed E-state index contributed by atoms with van der Waals surface area (Å²) in [6, 6.07) is 0. The van der Waals surface area contributed by atoms with Crippen LogP contribution < -0.4 is 0 Å². The maximum atomic E-state index is 12.5. The van der Waals surface area contributed by atoms with Crippen molar-refractivity contribution >= 4 is 11.9 Å². The lowest BCUT2D eigenvalue weighted by atomic mass is 9.96. The summed E-state index contributed by atoms with van der Waals surface area (Å²) in [5, 5.41) is 0. The number of unbranched alkanes of at least 4 members (excludes halogenated alkanes) is 8. The third kappa shape index (κ3) is 11.3. The van der Waals surface area contributed by atoms with Crippen LogP contribution in [0.1, 0.15) is 105 Å². The van der Waals surface area contributed by atoms with Crippen LogP contribution in [0.3, 0.4) is 0 Å². The van der Waals surface area contributed by atoms with Gasteiger partial charge in [-0.25, -0.2) is 9.59 Å². The molecule has 0 aromatic rings. The predicted molar refractivity (Wildman–Crippen MR) is 107 cm³/mol. The van der Waals surface area contributed by atoms with Gasteiger partial charge in [0.2, 0.25) is 0 Å². The fourth-order valence-electron chi connectivity index (χ4n) is 3.00. The summed E-state index contributed by atoms with van der Waals surface area (Å²) in [4.78, 5) is 24.9. The second-order valence-electron chi connectivity index (χ2n) is 6.73. The van der Waals surface area contributed by atoms with Crippen molar-refractivity contribution in [3.63, 3.8) is 0 Å². The van der Waals surface area contributed by atoms with Gasteiger partial charge in [-0.1, -0.05) is 65.2 Å². The van der Waals surface area contributed by atoms with Gasteiger partial charge in [-0.05, 0) is 39.5 Å². The van der Waals surface area contributed by atoms with Gasteiger partial charge in [-0.15, -0.1) is 0 Å². The molecule has 0 atom stereocenters. The van der Waals surface area contributed by atoms with Gasteiger partial charge in [0.05, 0.1) is 13.2 Å². The summed E-state index contributed by atoms with van der Waals surface area (Å²) >= 11 is 0. The molecule has 0 heterocycles. The Morgan fingerprint density at radius 2 is 0.885 bits per heavy atom. The highest BCUT2D eigenvalue weighted by Crippen LogP contribution is 2.22. The first kappa shape index (κ1) is 24.7. The molecular weight excluding hydrogens is 328 g/mol. The van der Waals surface area contributed by atoms with Gasteiger partial charge in [-0.3, -0.25) is 0 Å². The third-order valence-electron chi connectivity index (χ3n) is 4.47. The monoisotopic (exact) mass is 368 g/mol. The quantitative estimate of drug-likeness (QED) is 0.187. The summed E-state index contributed by atoms with van der Waals surface area (Å²) in [6.45, 7) is 8.60. The number of carbonyl (C=O) groups is 2. The topological polar surface area (TPSA) is 52.6 Å². The zero-order chi connectivity index (χ0) is 19.6. The summed E-state index contributed by atoms with van der Waals surface area (Å²) in [5.41, 5.74) is 1.08. The van der Waals surface area contributed by atoms with E-state index in [1.807, 2.05) is 0 Å². The van der Waals surface area contributed by atoms with Crippen LogP contribution in [-0.2, 0) is 19.1 Å². The molecule has 0 rings (SSSR count). The number of ether oxygens (including phenoxy) is 2. The van der Waals surface area contributed by atoms with E-state index in [0.29, 0.717) is 37.2 Å². The average molecular weight is 369 g/mol. The molecule has 0 unspecified atom stereocenters. The number of rotatable bonds is 16. The average Bonchev–Trinajstić information content (AvgIpc) is 2.62. The van der Waals surface area contributed by atoms with Crippen molar-refractivity contribution in [3.05, 3.63) is 11.1 Å². The molecule has 0 bridgehead atoms. The van der Waals surface area contributed by atoms with Gasteiger partial charge in [0, 0.05) is 11.1 Å². The van der Waals surface area contributed by atoms with Crippen LogP contribution in [-0.4, -0.2) is 25.2 Å². The number of carbonyl (C=O) groups excluding carboxylic acids is 2. The molecule has 26 heavy (non-hydrogen) atoms. The highest BCUT2D eigenvalue weighted by Gasteiger charge is 2.22. The molecule has 0 amide bonds. The van der Waals surface area contributed by atoms with Gasteiger partial charge >= 0.3 is 11.9 Å². The van der Waals surface area contributed by atoms with Crippen molar-refractivity contribution in [2.24, 2.45) is 0 Å². The Morgan fingerprint density at radius 1 is 0.538 bits per heavy atom. The Balaban J connectivity index is 5.08. The third-order valence-corrected chi connectivity index (χ3v) is 4.47. The van der Waals surface area contributed by atoms with Crippen molar-refractivity contribution in [2.75, 3.05) is 13.2 Å². The predicted octanol–water partition coefficient (Wildman–Crippen LogP) is 6.13. The Kier molecular flexibility index (Phi) is 16.2. The van der Waals surface area contributed by atoms with Crippen molar-refractivity contribution in [3.8, 4) is 0 Å². The SMILES string of the molecule is CCCCCCCCC(C(=O)OCC)=C(CCCCCC)C(=O)OCC. The molecule has 0 aliphatic rings.